The van der Waals surface area contributed by atoms with Gasteiger partial charge in [-0.2, -0.15) is 0 Å². The zero-order valence-electron chi connectivity index (χ0n) is 21.0. The molecule has 39 heavy (non-hydrogen) atoms. The van der Waals surface area contributed by atoms with Crippen molar-refractivity contribution in [1.82, 2.24) is 4.90 Å². The summed E-state index contributed by atoms with van der Waals surface area (Å²) in [6, 6.07) is 36.8. The molecule has 0 radical (unpaired) electrons. The number of nitrogens with zero attached hydrogens (tertiary/aromatic N) is 1. The van der Waals surface area contributed by atoms with Crippen LogP contribution in [0, 0.1) is 0 Å². The molecule has 0 aromatic heterocycles. The number of hydrogen-bond donors (Lipinski definition) is 0. The Morgan fingerprint density at radius 1 is 0.564 bits per heavy atom. The smallest absolute Gasteiger partial charge is 0.212 e. The number of rotatable bonds is 6. The van der Waals surface area contributed by atoms with E-state index in [9.17, 15) is 14.4 Å². The zero-order chi connectivity index (χ0) is 26.8. The van der Waals surface area contributed by atoms with E-state index in [1.165, 1.54) is 0 Å². The van der Waals surface area contributed by atoms with Gasteiger partial charge in [-0.15, -0.1) is 0 Å². The maximum Gasteiger partial charge on any atom is 0.212 e. The molecule has 2 aliphatic heterocycles. The third kappa shape index (κ3) is 4.38. The van der Waals surface area contributed by atoms with Crippen molar-refractivity contribution in [3.63, 3.8) is 0 Å². The Balaban J connectivity index is 1.53. The van der Waals surface area contributed by atoms with Gasteiger partial charge in [0.1, 0.15) is 0 Å². The van der Waals surface area contributed by atoms with Crippen LogP contribution in [-0.4, -0.2) is 22.2 Å². The van der Waals surface area contributed by atoms with Gasteiger partial charge in [-0.3, -0.25) is 14.4 Å². The lowest BCUT2D eigenvalue weighted by Gasteiger charge is -2.23. The van der Waals surface area contributed by atoms with E-state index in [-0.39, 0.29) is 22.9 Å². The van der Waals surface area contributed by atoms with Gasteiger partial charge in [0.25, 0.3) is 0 Å². The van der Waals surface area contributed by atoms with Crippen LogP contribution in [0.3, 0.4) is 0 Å². The normalized spacial score (nSPS) is 14.3. The first-order valence-corrected chi connectivity index (χ1v) is 12.7. The molecule has 0 spiro atoms. The van der Waals surface area contributed by atoms with Gasteiger partial charge in [0.2, 0.25) is 5.78 Å². The second kappa shape index (κ2) is 10.2. The van der Waals surface area contributed by atoms with E-state index < -0.39 is 0 Å². The van der Waals surface area contributed by atoms with Crippen molar-refractivity contribution >= 4 is 28.6 Å². The first kappa shape index (κ1) is 24.0. The van der Waals surface area contributed by atoms with Crippen LogP contribution in [0.5, 0.6) is 0 Å². The molecule has 4 nitrogen and oxygen atoms in total. The van der Waals surface area contributed by atoms with Crippen molar-refractivity contribution in [1.29, 1.82) is 0 Å². The topological polar surface area (TPSA) is 54.5 Å². The second-order valence-corrected chi connectivity index (χ2v) is 9.22. The van der Waals surface area contributed by atoms with Crippen molar-refractivity contribution in [3.8, 4) is 0 Å². The van der Waals surface area contributed by atoms with Crippen LogP contribution < -0.4 is 0 Å². The quantitative estimate of drug-likeness (QED) is 0.124. The molecular formula is C35H23NO3. The molecule has 0 unspecified atom stereocenters. The fourth-order valence-electron chi connectivity index (χ4n) is 4.97. The van der Waals surface area contributed by atoms with E-state index in [1.54, 1.807) is 66.9 Å². The summed E-state index contributed by atoms with van der Waals surface area (Å²) >= 11 is 0. The van der Waals surface area contributed by atoms with Gasteiger partial charge in [0.15, 0.2) is 11.6 Å². The average molecular weight is 506 g/mol. The van der Waals surface area contributed by atoms with Crippen LogP contribution >= 0.6 is 0 Å². The zero-order valence-corrected chi connectivity index (χ0v) is 21.0. The Hall–Kier alpha value is -5.35. The predicted molar refractivity (Wildman–Crippen MR) is 152 cm³/mol. The molecule has 0 atom stereocenters. The molecule has 4 aromatic carbocycles. The third-order valence-corrected chi connectivity index (χ3v) is 6.82. The highest BCUT2D eigenvalue weighted by atomic mass is 16.2. The number of ketones is 3. The van der Waals surface area contributed by atoms with Gasteiger partial charge in [-0.1, -0.05) is 121 Å². The molecule has 4 heteroatoms. The Kier molecular flexibility index (Phi) is 6.28. The minimum Gasteiger partial charge on any atom is -0.312 e. The monoisotopic (exact) mass is 505 g/mol. The first-order chi connectivity index (χ1) is 19.1. The molecule has 0 bridgehead atoms. The molecule has 2 heterocycles. The van der Waals surface area contributed by atoms with E-state index in [4.69, 9.17) is 0 Å². The first-order valence-electron chi connectivity index (χ1n) is 12.7. The van der Waals surface area contributed by atoms with Crippen molar-refractivity contribution in [2.45, 2.75) is 0 Å². The maximum absolute atomic E-state index is 14.0. The van der Waals surface area contributed by atoms with Gasteiger partial charge in [0, 0.05) is 17.3 Å². The largest absolute Gasteiger partial charge is 0.312 e. The standard InChI is InChI=1S/C35H23NO3/c37-33(26-17-9-3-10-18-26)31(34(38)27-19-11-4-12-20-27)28-21-22-36-29(23-28)35(39)30(24-13-5-1-6-14-24)32(36)25-15-7-2-8-16-25/h1-23H. The summed E-state index contributed by atoms with van der Waals surface area (Å²) < 4.78 is 0. The predicted octanol–water partition coefficient (Wildman–Crippen LogP) is 6.91. The average Bonchev–Trinajstić information content (AvgIpc) is 3.30. The van der Waals surface area contributed by atoms with Gasteiger partial charge < -0.3 is 4.90 Å². The number of allylic oxidation sites excluding steroid dienone is 5. The maximum atomic E-state index is 14.0. The van der Waals surface area contributed by atoms with Crippen molar-refractivity contribution in [2.24, 2.45) is 0 Å². The third-order valence-electron chi connectivity index (χ3n) is 6.82. The van der Waals surface area contributed by atoms with Gasteiger partial charge in [0.05, 0.1) is 22.5 Å². The van der Waals surface area contributed by atoms with Crippen LogP contribution in [0.4, 0.5) is 0 Å². The van der Waals surface area contributed by atoms with Crippen molar-refractivity contribution < 1.29 is 14.4 Å². The van der Waals surface area contributed by atoms with Crippen LogP contribution in [0.25, 0.3) is 11.3 Å². The number of hydrogen-bond acceptors (Lipinski definition) is 4. The van der Waals surface area contributed by atoms with Crippen LogP contribution in [0.15, 0.2) is 157 Å². The molecule has 0 saturated heterocycles. The van der Waals surface area contributed by atoms with Crippen LogP contribution in [0.2, 0.25) is 0 Å². The van der Waals surface area contributed by atoms with E-state index >= 15 is 0 Å². The van der Waals surface area contributed by atoms with E-state index in [0.29, 0.717) is 28.0 Å². The minimum absolute atomic E-state index is 0.0259. The van der Waals surface area contributed by atoms with E-state index in [0.717, 1.165) is 16.8 Å². The second-order valence-electron chi connectivity index (χ2n) is 9.22. The summed E-state index contributed by atoms with van der Waals surface area (Å²) in [5.41, 5.74) is 4.67. The number of Topliss-reactive ketones (excluding diaryl/α,β-unsaturated/α-hetero) is 3. The molecule has 0 N–H and O–H groups in total. The number of fused-ring (bicyclic) bond motifs is 1. The van der Waals surface area contributed by atoms with Gasteiger partial charge in [-0.05, 0) is 28.9 Å². The number of carbonyl (C=O) groups is 3. The molecule has 2 aliphatic rings. The lowest BCUT2D eigenvalue weighted by atomic mass is 9.90. The Labute approximate surface area is 226 Å². The summed E-state index contributed by atoms with van der Waals surface area (Å²) in [6.45, 7) is 0. The lowest BCUT2D eigenvalue weighted by molar-refractivity contribution is -0.110. The molecular weight excluding hydrogens is 482 g/mol. The van der Waals surface area contributed by atoms with Crippen LogP contribution in [-0.2, 0) is 4.79 Å². The molecule has 0 saturated carbocycles. The molecule has 0 amide bonds. The summed E-state index contributed by atoms with van der Waals surface area (Å²) in [7, 11) is 0. The van der Waals surface area contributed by atoms with Gasteiger partial charge >= 0.3 is 0 Å². The highest BCUT2D eigenvalue weighted by Gasteiger charge is 2.37. The molecule has 186 valence electrons. The fraction of sp³-hybridized carbons (Fsp3) is 0. The Morgan fingerprint density at radius 2 is 1.03 bits per heavy atom. The Morgan fingerprint density at radius 3 is 1.54 bits per heavy atom. The summed E-state index contributed by atoms with van der Waals surface area (Å²) in [4.78, 5) is 43.3. The molecule has 4 aromatic rings. The number of benzene rings is 4. The van der Waals surface area contributed by atoms with E-state index in [2.05, 4.69) is 0 Å². The SMILES string of the molecule is O=C1C2=CC(=C(C(=O)c3ccccc3)C(=O)c3ccccc3)C=CN2C(c2ccccc2)=C1c1ccccc1. The summed E-state index contributed by atoms with van der Waals surface area (Å²) in [5.74, 6) is -0.945. The molecule has 6 rings (SSSR count). The van der Waals surface area contributed by atoms with Crippen molar-refractivity contribution in [3.05, 3.63) is 179 Å². The minimum atomic E-state index is -0.389. The van der Waals surface area contributed by atoms with E-state index in [1.807, 2.05) is 77.7 Å². The lowest BCUT2D eigenvalue weighted by Crippen LogP contribution is -2.20. The highest BCUT2D eigenvalue weighted by molar-refractivity contribution is 6.38. The highest BCUT2D eigenvalue weighted by Crippen LogP contribution is 2.43. The van der Waals surface area contributed by atoms with Gasteiger partial charge in [-0.25, -0.2) is 0 Å². The molecule has 0 fully saturated rings. The summed E-state index contributed by atoms with van der Waals surface area (Å²) in [6.07, 6.45) is 5.18. The summed E-state index contributed by atoms with van der Waals surface area (Å²) in [5, 5.41) is 0. The fourth-order valence-corrected chi connectivity index (χ4v) is 4.97. The van der Waals surface area contributed by atoms with Crippen LogP contribution in [0.1, 0.15) is 31.8 Å². The Bertz CT molecular complexity index is 1660. The number of carbonyl (C=O) groups excluding carboxylic acids is 3. The molecule has 0 aliphatic carbocycles. The van der Waals surface area contributed by atoms with Crippen molar-refractivity contribution in [2.75, 3.05) is 0 Å².